The molecule has 9 nitrogen and oxygen atoms in total. The quantitative estimate of drug-likeness (QED) is 0.513. The third-order valence-electron chi connectivity index (χ3n) is 5.24. The van der Waals surface area contributed by atoms with Gasteiger partial charge in [0.2, 0.25) is 5.89 Å². The van der Waals surface area contributed by atoms with Gasteiger partial charge in [-0.25, -0.2) is 9.97 Å². The molecule has 1 fully saturated rings. The maximum atomic E-state index is 12.6. The van der Waals surface area contributed by atoms with Crippen LogP contribution in [-0.4, -0.2) is 35.3 Å². The smallest absolute Gasteiger partial charge is 0.280 e. The summed E-state index contributed by atoms with van der Waals surface area (Å²) in [6.07, 6.45) is 4.87. The molecule has 0 spiro atoms. The predicted molar refractivity (Wildman–Crippen MR) is 104 cm³/mol. The number of aryl methyl sites for hydroxylation is 2. The summed E-state index contributed by atoms with van der Waals surface area (Å²) in [5.74, 6) is 2.14. The summed E-state index contributed by atoms with van der Waals surface area (Å²) in [5.41, 5.74) is 1.86. The minimum atomic E-state index is -0.190. The third-order valence-corrected chi connectivity index (χ3v) is 5.24. The van der Waals surface area contributed by atoms with Gasteiger partial charge in [0.05, 0.1) is 6.33 Å². The lowest BCUT2D eigenvalue weighted by Crippen LogP contribution is -2.32. The van der Waals surface area contributed by atoms with Crippen molar-refractivity contribution >= 4 is 11.2 Å². The van der Waals surface area contributed by atoms with Crippen molar-refractivity contribution in [3.63, 3.8) is 0 Å². The van der Waals surface area contributed by atoms with Crippen LogP contribution in [0.15, 0.2) is 46.2 Å². The van der Waals surface area contributed by atoms with Gasteiger partial charge < -0.3 is 13.8 Å². The van der Waals surface area contributed by atoms with E-state index in [0.29, 0.717) is 22.9 Å². The molecule has 1 aliphatic carbocycles. The number of aromatic nitrogens is 6. The van der Waals surface area contributed by atoms with Crippen LogP contribution >= 0.6 is 0 Å². The van der Waals surface area contributed by atoms with E-state index >= 15 is 0 Å². The van der Waals surface area contributed by atoms with Gasteiger partial charge in [0.25, 0.3) is 5.56 Å². The summed E-state index contributed by atoms with van der Waals surface area (Å²) in [4.78, 5) is 25.4. The molecule has 1 aliphatic rings. The van der Waals surface area contributed by atoms with Crippen LogP contribution in [0.25, 0.3) is 11.2 Å². The molecule has 5 rings (SSSR count). The van der Waals surface area contributed by atoms with E-state index in [1.54, 1.807) is 17.9 Å². The first-order chi connectivity index (χ1) is 14.1. The summed E-state index contributed by atoms with van der Waals surface area (Å²) in [6.45, 7) is 2.22. The van der Waals surface area contributed by atoms with Crippen molar-refractivity contribution in [2.24, 2.45) is 7.05 Å². The second-order valence-corrected chi connectivity index (χ2v) is 7.48. The molecule has 0 bridgehead atoms. The molecule has 0 amide bonds. The van der Waals surface area contributed by atoms with Gasteiger partial charge in [0, 0.05) is 13.0 Å². The van der Waals surface area contributed by atoms with Crippen molar-refractivity contribution in [1.82, 2.24) is 29.2 Å². The zero-order valence-electron chi connectivity index (χ0n) is 16.1. The van der Waals surface area contributed by atoms with Crippen molar-refractivity contribution < 1.29 is 9.26 Å². The predicted octanol–water partition coefficient (Wildman–Crippen LogP) is 2.19. The van der Waals surface area contributed by atoms with Crippen molar-refractivity contribution in [2.45, 2.75) is 38.3 Å². The standard InChI is InChI=1S/C20H20N6O3/c1-12-4-3-5-14(6-12)28-15-7-13(8-15)18-23-16(29-24-18)9-26-11-22-19-17(20(26)27)25(2)10-21-19/h3-6,10-11,13,15H,7-9H2,1-2H3. The summed E-state index contributed by atoms with van der Waals surface area (Å²) in [7, 11) is 1.76. The lowest BCUT2D eigenvalue weighted by atomic mass is 9.81. The second kappa shape index (κ2) is 6.84. The topological polar surface area (TPSA) is 101 Å². The van der Waals surface area contributed by atoms with E-state index in [9.17, 15) is 4.79 Å². The zero-order chi connectivity index (χ0) is 20.0. The molecule has 1 saturated carbocycles. The second-order valence-electron chi connectivity index (χ2n) is 7.48. The monoisotopic (exact) mass is 392 g/mol. The van der Waals surface area contributed by atoms with Gasteiger partial charge in [-0.3, -0.25) is 9.36 Å². The van der Waals surface area contributed by atoms with Gasteiger partial charge in [0.1, 0.15) is 24.7 Å². The molecule has 0 atom stereocenters. The molecule has 1 aromatic carbocycles. The molecule has 0 aliphatic heterocycles. The van der Waals surface area contributed by atoms with Crippen LogP contribution in [0.5, 0.6) is 5.75 Å². The van der Waals surface area contributed by atoms with Crippen molar-refractivity contribution in [2.75, 3.05) is 0 Å². The van der Waals surface area contributed by atoms with Crippen LogP contribution < -0.4 is 10.3 Å². The fraction of sp³-hybridized carbons (Fsp3) is 0.350. The van der Waals surface area contributed by atoms with E-state index in [1.807, 2.05) is 31.2 Å². The molecule has 148 valence electrons. The Morgan fingerprint density at radius 1 is 1.24 bits per heavy atom. The first kappa shape index (κ1) is 17.6. The van der Waals surface area contributed by atoms with Crippen LogP contribution in [0.2, 0.25) is 0 Å². The molecule has 4 aromatic rings. The molecule has 0 unspecified atom stereocenters. The van der Waals surface area contributed by atoms with Crippen LogP contribution in [0, 0.1) is 6.92 Å². The average molecular weight is 392 g/mol. The van der Waals surface area contributed by atoms with Crippen molar-refractivity contribution in [3.05, 3.63) is 64.6 Å². The number of nitrogens with zero attached hydrogens (tertiary/aromatic N) is 6. The number of imidazole rings is 1. The van der Waals surface area contributed by atoms with E-state index in [4.69, 9.17) is 9.26 Å². The van der Waals surface area contributed by atoms with Gasteiger partial charge in [-0.1, -0.05) is 17.3 Å². The summed E-state index contributed by atoms with van der Waals surface area (Å²) >= 11 is 0. The van der Waals surface area contributed by atoms with Crippen molar-refractivity contribution in [1.29, 1.82) is 0 Å². The van der Waals surface area contributed by atoms with Gasteiger partial charge in [-0.2, -0.15) is 4.98 Å². The lowest BCUT2D eigenvalue weighted by molar-refractivity contribution is 0.0942. The van der Waals surface area contributed by atoms with Gasteiger partial charge >= 0.3 is 0 Å². The van der Waals surface area contributed by atoms with Crippen molar-refractivity contribution in [3.8, 4) is 5.75 Å². The fourth-order valence-corrected chi connectivity index (χ4v) is 3.58. The van der Waals surface area contributed by atoms with Gasteiger partial charge in [-0.15, -0.1) is 0 Å². The fourth-order valence-electron chi connectivity index (χ4n) is 3.58. The number of hydrogen-bond acceptors (Lipinski definition) is 7. The Morgan fingerprint density at radius 2 is 2.07 bits per heavy atom. The Kier molecular flexibility index (Phi) is 4.15. The number of hydrogen-bond donors (Lipinski definition) is 0. The minimum Gasteiger partial charge on any atom is -0.490 e. The highest BCUT2D eigenvalue weighted by Crippen LogP contribution is 2.37. The SMILES string of the molecule is Cc1cccc(OC2CC(c3noc(Cn4cnc5ncn(C)c5c4=O)n3)C2)c1. The van der Waals surface area contributed by atoms with E-state index in [0.717, 1.165) is 18.6 Å². The summed E-state index contributed by atoms with van der Waals surface area (Å²) < 4.78 is 14.5. The molecule has 0 N–H and O–H groups in total. The maximum Gasteiger partial charge on any atom is 0.280 e. The Labute approximate surface area is 166 Å². The molecule has 29 heavy (non-hydrogen) atoms. The molecule has 3 aromatic heterocycles. The zero-order valence-corrected chi connectivity index (χ0v) is 16.1. The number of benzene rings is 1. The van der Waals surface area contributed by atoms with Gasteiger partial charge in [-0.05, 0) is 37.5 Å². The summed E-state index contributed by atoms with van der Waals surface area (Å²) in [5, 5.41) is 4.09. The Hall–Kier alpha value is -3.49. The first-order valence-electron chi connectivity index (χ1n) is 9.49. The first-order valence-corrected chi connectivity index (χ1v) is 9.49. The Bertz CT molecular complexity index is 1230. The van der Waals surface area contributed by atoms with Crippen LogP contribution in [0.3, 0.4) is 0 Å². The number of ether oxygens (including phenoxy) is 1. The molecular weight excluding hydrogens is 372 g/mol. The van der Waals surface area contributed by atoms with Crippen LogP contribution in [0.1, 0.15) is 36.0 Å². The number of fused-ring (bicyclic) bond motifs is 1. The minimum absolute atomic E-state index is 0.155. The van der Waals surface area contributed by atoms with Crippen LogP contribution in [0.4, 0.5) is 0 Å². The van der Waals surface area contributed by atoms with E-state index in [2.05, 4.69) is 20.1 Å². The number of rotatable bonds is 5. The van der Waals surface area contributed by atoms with E-state index in [-0.39, 0.29) is 24.1 Å². The Morgan fingerprint density at radius 3 is 2.90 bits per heavy atom. The highest BCUT2D eigenvalue weighted by molar-refractivity contribution is 5.68. The average Bonchev–Trinajstić information content (AvgIpc) is 3.27. The maximum absolute atomic E-state index is 12.6. The highest BCUT2D eigenvalue weighted by atomic mass is 16.5. The molecule has 0 radical (unpaired) electrons. The lowest BCUT2D eigenvalue weighted by Gasteiger charge is -2.33. The highest BCUT2D eigenvalue weighted by Gasteiger charge is 2.35. The normalized spacial score (nSPS) is 18.7. The molecule has 0 saturated heterocycles. The van der Waals surface area contributed by atoms with Crippen LogP contribution in [-0.2, 0) is 13.6 Å². The molecule has 3 heterocycles. The van der Waals surface area contributed by atoms with E-state index < -0.39 is 0 Å². The largest absolute Gasteiger partial charge is 0.490 e. The Balaban J connectivity index is 1.25. The van der Waals surface area contributed by atoms with E-state index in [1.165, 1.54) is 16.5 Å². The summed E-state index contributed by atoms with van der Waals surface area (Å²) in [6, 6.07) is 8.04. The molecular formula is C20H20N6O3. The van der Waals surface area contributed by atoms with Gasteiger partial charge in [0.15, 0.2) is 17.0 Å². The molecule has 9 heteroatoms. The third kappa shape index (κ3) is 3.28.